The smallest absolute Gasteiger partial charge is 0.305 e. The summed E-state index contributed by atoms with van der Waals surface area (Å²) in [6.45, 7) is 4.89. The lowest BCUT2D eigenvalue weighted by molar-refractivity contribution is -0.143. The third-order valence-corrected chi connectivity index (χ3v) is 11.1. The minimum atomic E-state index is -0.667. The number of esters is 1. The van der Waals surface area contributed by atoms with Crippen molar-refractivity contribution in [1.29, 1.82) is 0 Å². The molecule has 0 spiro atoms. The maximum absolute atomic E-state index is 12.4. The Morgan fingerprint density at radius 2 is 0.870 bits per heavy atom. The molecule has 54 heavy (non-hydrogen) atoms. The van der Waals surface area contributed by atoms with Crippen molar-refractivity contribution in [1.82, 2.24) is 5.32 Å². The van der Waals surface area contributed by atoms with Crippen LogP contribution < -0.4 is 5.32 Å². The van der Waals surface area contributed by atoms with Crippen molar-refractivity contribution >= 4 is 11.9 Å². The summed E-state index contributed by atoms with van der Waals surface area (Å²) in [6, 6.07) is -0.545. The molecule has 0 aromatic carbocycles. The van der Waals surface area contributed by atoms with Gasteiger partial charge in [-0.3, -0.25) is 9.59 Å². The van der Waals surface area contributed by atoms with Gasteiger partial charge in [-0.25, -0.2) is 0 Å². The number of allylic oxidation sites excluding steroid dienone is 2. The van der Waals surface area contributed by atoms with Gasteiger partial charge in [0.05, 0.1) is 25.4 Å². The molecule has 0 heterocycles. The van der Waals surface area contributed by atoms with Crippen LogP contribution in [0.2, 0.25) is 0 Å². The number of aliphatic hydroxyl groups excluding tert-OH is 2. The first kappa shape index (κ1) is 52.6. The fourth-order valence-corrected chi connectivity index (χ4v) is 7.34. The molecule has 6 nitrogen and oxygen atoms in total. The molecule has 0 aliphatic rings. The minimum Gasteiger partial charge on any atom is -0.466 e. The van der Waals surface area contributed by atoms with Crippen LogP contribution in [-0.2, 0) is 14.3 Å². The van der Waals surface area contributed by atoms with E-state index in [1.807, 2.05) is 0 Å². The first-order valence-corrected chi connectivity index (χ1v) is 23.9. The Bertz CT molecular complexity index is 802. The number of nitrogens with one attached hydrogen (secondary N) is 1. The highest BCUT2D eigenvalue weighted by Gasteiger charge is 2.20. The zero-order valence-electron chi connectivity index (χ0n) is 36.2. The highest BCUT2D eigenvalue weighted by atomic mass is 16.5. The van der Waals surface area contributed by atoms with Gasteiger partial charge in [0.15, 0.2) is 0 Å². The van der Waals surface area contributed by atoms with Gasteiger partial charge in [-0.1, -0.05) is 206 Å². The van der Waals surface area contributed by atoms with E-state index < -0.39 is 12.1 Å². The van der Waals surface area contributed by atoms with Crippen LogP contribution in [0.1, 0.15) is 258 Å². The van der Waals surface area contributed by atoms with Crippen LogP contribution >= 0.6 is 0 Å². The fourth-order valence-electron chi connectivity index (χ4n) is 7.34. The standard InChI is InChI=1S/C48H93NO5/c1-3-5-7-9-11-13-15-22-26-30-34-38-42-48(53)54-43-39-35-31-27-23-20-18-16-17-19-21-25-29-33-37-41-47(52)49-45(44-50)46(51)40-36-32-28-24-14-12-10-8-6-4-2/h11,13,45-46,50-51H,3-10,12,14-44H2,1-2H3,(H,49,52)/b13-11-. The van der Waals surface area contributed by atoms with E-state index in [0.717, 1.165) is 51.4 Å². The van der Waals surface area contributed by atoms with E-state index in [2.05, 4.69) is 31.3 Å². The molecule has 0 rings (SSSR count). The van der Waals surface area contributed by atoms with E-state index >= 15 is 0 Å². The van der Waals surface area contributed by atoms with Crippen LogP contribution in [0.5, 0.6) is 0 Å². The zero-order chi connectivity index (χ0) is 39.4. The number of amides is 1. The molecule has 0 aliphatic heterocycles. The number of ether oxygens (including phenoxy) is 1. The molecule has 0 radical (unpaired) electrons. The summed E-state index contributed by atoms with van der Waals surface area (Å²) in [5, 5.41) is 23.1. The second kappa shape index (κ2) is 44.3. The third-order valence-electron chi connectivity index (χ3n) is 11.1. The molecule has 2 unspecified atom stereocenters. The molecule has 0 aliphatic carbocycles. The van der Waals surface area contributed by atoms with E-state index in [1.54, 1.807) is 0 Å². The molecule has 0 bridgehead atoms. The summed E-state index contributed by atoms with van der Waals surface area (Å²) in [7, 11) is 0. The molecule has 0 fully saturated rings. The lowest BCUT2D eigenvalue weighted by Crippen LogP contribution is -2.45. The van der Waals surface area contributed by atoms with Gasteiger partial charge in [0.2, 0.25) is 5.91 Å². The Morgan fingerprint density at radius 3 is 1.35 bits per heavy atom. The van der Waals surface area contributed by atoms with Crippen molar-refractivity contribution in [3.8, 4) is 0 Å². The van der Waals surface area contributed by atoms with Gasteiger partial charge in [-0.15, -0.1) is 0 Å². The van der Waals surface area contributed by atoms with Crippen molar-refractivity contribution in [2.24, 2.45) is 0 Å². The Kier molecular flexibility index (Phi) is 43.2. The summed E-state index contributed by atoms with van der Waals surface area (Å²) < 4.78 is 5.44. The monoisotopic (exact) mass is 764 g/mol. The van der Waals surface area contributed by atoms with Crippen LogP contribution in [0.4, 0.5) is 0 Å². The normalized spacial score (nSPS) is 12.7. The largest absolute Gasteiger partial charge is 0.466 e. The van der Waals surface area contributed by atoms with Crippen LogP contribution in [0.25, 0.3) is 0 Å². The molecule has 320 valence electrons. The van der Waals surface area contributed by atoms with E-state index in [-0.39, 0.29) is 18.5 Å². The second-order valence-electron chi connectivity index (χ2n) is 16.4. The third kappa shape index (κ3) is 40.3. The Labute approximate surface area is 336 Å². The molecule has 3 N–H and O–H groups in total. The van der Waals surface area contributed by atoms with Crippen LogP contribution in [0.15, 0.2) is 12.2 Å². The van der Waals surface area contributed by atoms with Gasteiger partial charge in [0, 0.05) is 12.8 Å². The maximum Gasteiger partial charge on any atom is 0.305 e. The van der Waals surface area contributed by atoms with Crippen molar-refractivity contribution in [2.75, 3.05) is 13.2 Å². The van der Waals surface area contributed by atoms with E-state index in [1.165, 1.54) is 173 Å². The number of unbranched alkanes of at least 4 members (excludes halogenated alkanes) is 31. The molecule has 0 aromatic rings. The molecule has 2 atom stereocenters. The SMILES string of the molecule is CCCCC/C=C\CCCCCCCC(=O)OCCCCCCCCCCCCCCCCCC(=O)NC(CO)C(O)CCCCCCCCCCCC. The second-order valence-corrected chi connectivity index (χ2v) is 16.4. The number of aliphatic hydroxyl groups is 2. The minimum absolute atomic E-state index is 0.00979. The lowest BCUT2D eigenvalue weighted by Gasteiger charge is -2.22. The van der Waals surface area contributed by atoms with E-state index in [4.69, 9.17) is 4.74 Å². The predicted octanol–water partition coefficient (Wildman–Crippen LogP) is 13.8. The topological polar surface area (TPSA) is 95.9 Å². The highest BCUT2D eigenvalue weighted by molar-refractivity contribution is 5.76. The van der Waals surface area contributed by atoms with Gasteiger partial charge >= 0.3 is 5.97 Å². The Hall–Kier alpha value is -1.40. The van der Waals surface area contributed by atoms with Crippen LogP contribution in [0.3, 0.4) is 0 Å². The van der Waals surface area contributed by atoms with Gasteiger partial charge in [0.25, 0.3) is 0 Å². The molecule has 0 aromatic heterocycles. The molecule has 0 saturated heterocycles. The van der Waals surface area contributed by atoms with Gasteiger partial charge < -0.3 is 20.3 Å². The Balaban J connectivity index is 3.42. The number of hydrogen-bond acceptors (Lipinski definition) is 5. The average molecular weight is 764 g/mol. The first-order chi connectivity index (χ1) is 26.5. The maximum atomic E-state index is 12.4. The molecular formula is C48H93NO5. The van der Waals surface area contributed by atoms with Gasteiger partial charge in [-0.2, -0.15) is 0 Å². The van der Waals surface area contributed by atoms with Crippen LogP contribution in [0, 0.1) is 0 Å². The van der Waals surface area contributed by atoms with E-state index in [0.29, 0.717) is 25.9 Å². The predicted molar refractivity (Wildman–Crippen MR) is 232 cm³/mol. The quantitative estimate of drug-likeness (QED) is 0.0326. The molecule has 6 heteroatoms. The molecule has 1 amide bonds. The fraction of sp³-hybridized carbons (Fsp3) is 0.917. The summed E-state index contributed by atoms with van der Waals surface area (Å²) in [5.41, 5.74) is 0. The first-order valence-electron chi connectivity index (χ1n) is 23.9. The van der Waals surface area contributed by atoms with Crippen LogP contribution in [-0.4, -0.2) is 47.4 Å². The average Bonchev–Trinajstić information content (AvgIpc) is 3.17. The van der Waals surface area contributed by atoms with Gasteiger partial charge in [0.1, 0.15) is 0 Å². The van der Waals surface area contributed by atoms with Crippen molar-refractivity contribution < 1.29 is 24.5 Å². The van der Waals surface area contributed by atoms with Crippen molar-refractivity contribution in [3.05, 3.63) is 12.2 Å². The van der Waals surface area contributed by atoms with E-state index in [9.17, 15) is 19.8 Å². The number of rotatable bonds is 44. The van der Waals surface area contributed by atoms with Gasteiger partial charge in [-0.05, 0) is 51.4 Å². The Morgan fingerprint density at radius 1 is 0.500 bits per heavy atom. The zero-order valence-corrected chi connectivity index (χ0v) is 36.2. The summed E-state index contributed by atoms with van der Waals surface area (Å²) in [5.74, 6) is -0.0554. The number of carbonyl (C=O) groups excluding carboxylic acids is 2. The lowest BCUT2D eigenvalue weighted by atomic mass is 10.0. The number of hydrogen-bond donors (Lipinski definition) is 3. The molecular weight excluding hydrogens is 671 g/mol. The van der Waals surface area contributed by atoms with Crippen molar-refractivity contribution in [2.45, 2.75) is 270 Å². The highest BCUT2D eigenvalue weighted by Crippen LogP contribution is 2.16. The van der Waals surface area contributed by atoms with Crippen molar-refractivity contribution in [3.63, 3.8) is 0 Å². The summed E-state index contributed by atoms with van der Waals surface area (Å²) in [6.07, 6.45) is 48.8. The molecule has 0 saturated carbocycles. The number of carbonyl (C=O) groups is 2. The summed E-state index contributed by atoms with van der Waals surface area (Å²) in [4.78, 5) is 24.4. The summed E-state index contributed by atoms with van der Waals surface area (Å²) >= 11 is 0.